The van der Waals surface area contributed by atoms with Crippen LogP contribution in [0.25, 0.3) is 0 Å². The average Bonchev–Trinajstić information content (AvgIpc) is 2.93. The first-order chi connectivity index (χ1) is 12.0. The van der Waals surface area contributed by atoms with Crippen LogP contribution in [-0.2, 0) is 13.7 Å². The van der Waals surface area contributed by atoms with E-state index in [1.165, 1.54) is 12.1 Å². The lowest BCUT2D eigenvalue weighted by Crippen LogP contribution is -2.16. The van der Waals surface area contributed by atoms with Gasteiger partial charge in [-0.1, -0.05) is 18.2 Å². The Morgan fingerprint density at radius 3 is 2.64 bits per heavy atom. The van der Waals surface area contributed by atoms with Gasteiger partial charge in [-0.2, -0.15) is 5.10 Å². The molecule has 0 spiro atoms. The maximum Gasteiger partial charge on any atom is 0.273 e. The van der Waals surface area contributed by atoms with Crippen LogP contribution in [0.3, 0.4) is 0 Å². The first-order valence-corrected chi connectivity index (χ1v) is 7.80. The molecule has 1 amide bonds. The van der Waals surface area contributed by atoms with Crippen molar-refractivity contribution in [1.82, 2.24) is 9.78 Å². The van der Waals surface area contributed by atoms with Crippen LogP contribution in [0, 0.1) is 12.7 Å². The van der Waals surface area contributed by atoms with Crippen molar-refractivity contribution in [3.8, 4) is 5.75 Å². The summed E-state index contributed by atoms with van der Waals surface area (Å²) in [6.07, 6.45) is 0. The fourth-order valence-corrected chi connectivity index (χ4v) is 2.43. The lowest BCUT2D eigenvalue weighted by molar-refractivity contribution is 0.101. The van der Waals surface area contributed by atoms with Gasteiger partial charge in [-0.3, -0.25) is 9.48 Å². The summed E-state index contributed by atoms with van der Waals surface area (Å²) in [5.74, 6) is 0.0981. The van der Waals surface area contributed by atoms with Gasteiger partial charge in [0.2, 0.25) is 0 Å². The summed E-state index contributed by atoms with van der Waals surface area (Å²) in [5, 5.41) is 6.99. The van der Waals surface area contributed by atoms with E-state index in [1.807, 2.05) is 6.92 Å². The van der Waals surface area contributed by atoms with Crippen molar-refractivity contribution in [1.29, 1.82) is 0 Å². The molecule has 0 radical (unpaired) electrons. The highest BCUT2D eigenvalue weighted by atomic mass is 19.1. The van der Waals surface area contributed by atoms with E-state index in [0.717, 1.165) is 11.3 Å². The molecule has 0 saturated carbocycles. The van der Waals surface area contributed by atoms with E-state index >= 15 is 0 Å². The van der Waals surface area contributed by atoms with E-state index in [0.29, 0.717) is 23.7 Å². The number of aryl methyl sites for hydroxylation is 2. The number of rotatable bonds is 5. The first-order valence-electron chi connectivity index (χ1n) is 7.80. The Hall–Kier alpha value is -3.15. The highest BCUT2D eigenvalue weighted by molar-refractivity contribution is 6.03. The molecule has 2 aromatic carbocycles. The van der Waals surface area contributed by atoms with E-state index in [4.69, 9.17) is 4.74 Å². The lowest BCUT2D eigenvalue weighted by Gasteiger charge is -2.09. The van der Waals surface area contributed by atoms with Gasteiger partial charge in [-0.05, 0) is 42.8 Å². The zero-order valence-electron chi connectivity index (χ0n) is 14.0. The molecule has 3 rings (SSSR count). The minimum Gasteiger partial charge on any atom is -0.489 e. The quantitative estimate of drug-likeness (QED) is 0.771. The smallest absolute Gasteiger partial charge is 0.273 e. The Labute approximate surface area is 145 Å². The monoisotopic (exact) mass is 339 g/mol. The third-order valence-electron chi connectivity index (χ3n) is 3.65. The molecular weight excluding hydrogens is 321 g/mol. The Morgan fingerprint density at radius 2 is 1.96 bits per heavy atom. The Bertz CT molecular complexity index is 888. The minimum absolute atomic E-state index is 0.237. The molecule has 0 aliphatic carbocycles. The van der Waals surface area contributed by atoms with Gasteiger partial charge in [0.25, 0.3) is 5.91 Å². The van der Waals surface area contributed by atoms with Crippen LogP contribution >= 0.6 is 0 Å². The van der Waals surface area contributed by atoms with Gasteiger partial charge < -0.3 is 10.1 Å². The first kappa shape index (κ1) is 16.7. The van der Waals surface area contributed by atoms with Crippen molar-refractivity contribution in [2.45, 2.75) is 13.5 Å². The van der Waals surface area contributed by atoms with Crippen molar-refractivity contribution in [3.63, 3.8) is 0 Å². The van der Waals surface area contributed by atoms with E-state index in [-0.39, 0.29) is 11.7 Å². The molecular formula is C19H18FN3O2. The summed E-state index contributed by atoms with van der Waals surface area (Å²) in [6, 6.07) is 15.0. The molecule has 6 heteroatoms. The maximum absolute atomic E-state index is 12.9. The normalized spacial score (nSPS) is 10.5. The number of aromatic nitrogens is 2. The van der Waals surface area contributed by atoms with Gasteiger partial charge in [-0.25, -0.2) is 4.39 Å². The van der Waals surface area contributed by atoms with Crippen LogP contribution in [0.15, 0.2) is 54.6 Å². The SMILES string of the molecule is Cc1cc(C(=O)Nc2cccc(OCc3ccc(F)cc3)c2)n(C)n1. The molecule has 0 aliphatic heterocycles. The molecule has 0 saturated heterocycles. The second kappa shape index (κ2) is 7.17. The van der Waals surface area contributed by atoms with Crippen molar-refractivity contribution < 1.29 is 13.9 Å². The van der Waals surface area contributed by atoms with Crippen LogP contribution in [0.1, 0.15) is 21.7 Å². The molecule has 25 heavy (non-hydrogen) atoms. The molecule has 128 valence electrons. The lowest BCUT2D eigenvalue weighted by atomic mass is 10.2. The predicted molar refractivity (Wildman–Crippen MR) is 93.1 cm³/mol. The summed E-state index contributed by atoms with van der Waals surface area (Å²) in [6.45, 7) is 2.15. The number of nitrogens with one attached hydrogen (secondary N) is 1. The zero-order valence-corrected chi connectivity index (χ0v) is 14.0. The third-order valence-corrected chi connectivity index (χ3v) is 3.65. The number of hydrogen-bond acceptors (Lipinski definition) is 3. The highest BCUT2D eigenvalue weighted by Crippen LogP contribution is 2.19. The number of benzene rings is 2. The van der Waals surface area contributed by atoms with Gasteiger partial charge in [0.05, 0.1) is 5.69 Å². The largest absolute Gasteiger partial charge is 0.489 e. The second-order valence-electron chi connectivity index (χ2n) is 5.69. The number of carbonyl (C=O) groups excluding carboxylic acids is 1. The van der Waals surface area contributed by atoms with Crippen molar-refractivity contribution >= 4 is 11.6 Å². The van der Waals surface area contributed by atoms with Gasteiger partial charge in [0.15, 0.2) is 0 Å². The van der Waals surface area contributed by atoms with Gasteiger partial charge >= 0.3 is 0 Å². The molecule has 5 nitrogen and oxygen atoms in total. The molecule has 0 bridgehead atoms. The van der Waals surface area contributed by atoms with E-state index in [1.54, 1.807) is 54.2 Å². The third kappa shape index (κ3) is 4.23. The number of ether oxygens (including phenoxy) is 1. The molecule has 1 heterocycles. The maximum atomic E-state index is 12.9. The second-order valence-corrected chi connectivity index (χ2v) is 5.69. The van der Waals surface area contributed by atoms with Gasteiger partial charge in [0.1, 0.15) is 23.9 Å². The van der Waals surface area contributed by atoms with E-state index in [2.05, 4.69) is 10.4 Å². The number of amides is 1. The number of nitrogens with zero attached hydrogens (tertiary/aromatic N) is 2. The van der Waals surface area contributed by atoms with Crippen LogP contribution in [-0.4, -0.2) is 15.7 Å². The van der Waals surface area contributed by atoms with Crippen molar-refractivity contribution in [2.24, 2.45) is 7.05 Å². The van der Waals surface area contributed by atoms with Gasteiger partial charge in [0, 0.05) is 18.8 Å². The predicted octanol–water partition coefficient (Wildman–Crippen LogP) is 3.70. The van der Waals surface area contributed by atoms with E-state index < -0.39 is 0 Å². The summed E-state index contributed by atoms with van der Waals surface area (Å²) >= 11 is 0. The Kier molecular flexibility index (Phi) is 4.79. The standard InChI is InChI=1S/C19H18FN3O2/c1-13-10-18(23(2)22-13)19(24)21-16-4-3-5-17(11-16)25-12-14-6-8-15(20)9-7-14/h3-11H,12H2,1-2H3,(H,21,24). The molecule has 0 unspecified atom stereocenters. The summed E-state index contributed by atoms with van der Waals surface area (Å²) in [4.78, 5) is 12.3. The van der Waals surface area contributed by atoms with Crippen LogP contribution < -0.4 is 10.1 Å². The molecule has 3 aromatic rings. The molecule has 0 atom stereocenters. The summed E-state index contributed by atoms with van der Waals surface area (Å²) in [5.41, 5.74) is 2.75. The van der Waals surface area contributed by atoms with Crippen molar-refractivity contribution in [3.05, 3.63) is 77.4 Å². The number of anilines is 1. The Morgan fingerprint density at radius 1 is 1.20 bits per heavy atom. The molecule has 0 fully saturated rings. The van der Waals surface area contributed by atoms with Crippen LogP contribution in [0.2, 0.25) is 0 Å². The fourth-order valence-electron chi connectivity index (χ4n) is 2.43. The number of halogens is 1. The zero-order chi connectivity index (χ0) is 17.8. The van der Waals surface area contributed by atoms with Gasteiger partial charge in [-0.15, -0.1) is 0 Å². The molecule has 1 N–H and O–H groups in total. The molecule has 1 aromatic heterocycles. The minimum atomic E-state index is -0.279. The molecule has 0 aliphatic rings. The summed E-state index contributed by atoms with van der Waals surface area (Å²) < 4.78 is 20.1. The average molecular weight is 339 g/mol. The number of carbonyl (C=O) groups is 1. The van der Waals surface area contributed by atoms with Crippen molar-refractivity contribution in [2.75, 3.05) is 5.32 Å². The van der Waals surface area contributed by atoms with Crippen LogP contribution in [0.5, 0.6) is 5.75 Å². The topological polar surface area (TPSA) is 56.1 Å². The van der Waals surface area contributed by atoms with E-state index in [9.17, 15) is 9.18 Å². The number of hydrogen-bond donors (Lipinski definition) is 1. The Balaban J connectivity index is 1.65. The highest BCUT2D eigenvalue weighted by Gasteiger charge is 2.12. The van der Waals surface area contributed by atoms with Crippen LogP contribution in [0.4, 0.5) is 10.1 Å². The fraction of sp³-hybridized carbons (Fsp3) is 0.158. The summed E-state index contributed by atoms with van der Waals surface area (Å²) in [7, 11) is 1.73.